The fourth-order valence-electron chi connectivity index (χ4n) is 1.92. The van der Waals surface area contributed by atoms with Gasteiger partial charge in [-0.1, -0.05) is 11.3 Å². The zero-order chi connectivity index (χ0) is 16.4. The van der Waals surface area contributed by atoms with Gasteiger partial charge in [0.15, 0.2) is 3.95 Å². The predicted molar refractivity (Wildman–Crippen MR) is 86.1 cm³/mol. The average Bonchev–Trinajstić information content (AvgIpc) is 3.11. The van der Waals surface area contributed by atoms with Crippen LogP contribution in [0, 0.1) is 3.95 Å². The number of carbonyl (C=O) groups is 2. The van der Waals surface area contributed by atoms with E-state index in [1.165, 1.54) is 30.6 Å². The molecule has 1 aromatic heterocycles. The van der Waals surface area contributed by atoms with Crippen molar-refractivity contribution in [3.63, 3.8) is 0 Å². The maximum Gasteiger partial charge on any atom is 0.258 e. The third-order valence-corrected chi connectivity index (χ3v) is 3.86. The Morgan fingerprint density at radius 3 is 2.61 bits per heavy atom. The lowest BCUT2D eigenvalue weighted by atomic mass is 10.2. The number of hydrogen-bond acceptors (Lipinski definition) is 8. The molecule has 0 aliphatic carbocycles. The number of hydrogen-bond donors (Lipinski definition) is 1. The number of aromatic nitrogens is 2. The van der Waals surface area contributed by atoms with Gasteiger partial charge in [-0.15, -0.1) is 15.3 Å². The van der Waals surface area contributed by atoms with Gasteiger partial charge < -0.3 is 4.74 Å². The minimum Gasteiger partial charge on any atom is -0.494 e. The second kappa shape index (κ2) is 6.18. The highest BCUT2D eigenvalue weighted by Crippen LogP contribution is 2.34. The molecule has 1 aliphatic rings. The number of methoxy groups -OCH3 is 1. The second-order valence-corrected chi connectivity index (χ2v) is 5.94. The first-order valence-corrected chi connectivity index (χ1v) is 7.52. The topological polar surface area (TPSA) is 100 Å². The van der Waals surface area contributed by atoms with Gasteiger partial charge in [0.05, 0.1) is 18.5 Å². The molecule has 2 aromatic rings. The van der Waals surface area contributed by atoms with Crippen LogP contribution >= 0.6 is 23.6 Å². The number of nitrogens with one attached hydrogen (secondary N) is 1. The maximum absolute atomic E-state index is 11.8. The Morgan fingerprint density at radius 1 is 1.26 bits per heavy atom. The molecule has 3 rings (SSSR count). The van der Waals surface area contributed by atoms with Crippen molar-refractivity contribution in [1.29, 1.82) is 0 Å². The number of amides is 2. The van der Waals surface area contributed by atoms with E-state index < -0.39 is 11.8 Å². The predicted octanol–water partition coefficient (Wildman–Crippen LogP) is 3.05. The first kappa shape index (κ1) is 15.2. The van der Waals surface area contributed by atoms with Crippen LogP contribution in [0.3, 0.4) is 0 Å². The Bertz CT molecular complexity index is 881. The maximum atomic E-state index is 11.8. The van der Waals surface area contributed by atoms with E-state index in [-0.39, 0.29) is 0 Å². The molecule has 2 heterocycles. The van der Waals surface area contributed by atoms with E-state index in [1.54, 1.807) is 18.2 Å². The summed E-state index contributed by atoms with van der Waals surface area (Å²) >= 11 is 6.10. The SMILES string of the molecule is COc1cc(N=Nc2n[nH]c(=S)s2)ccc1N1C(=O)C=CC1=O. The van der Waals surface area contributed by atoms with Gasteiger partial charge in [-0.25, -0.2) is 4.90 Å². The summed E-state index contributed by atoms with van der Waals surface area (Å²) in [4.78, 5) is 24.5. The molecule has 0 atom stereocenters. The zero-order valence-electron chi connectivity index (χ0n) is 11.7. The molecule has 0 saturated heterocycles. The van der Waals surface area contributed by atoms with E-state index in [9.17, 15) is 9.59 Å². The summed E-state index contributed by atoms with van der Waals surface area (Å²) in [6, 6.07) is 4.76. The van der Waals surface area contributed by atoms with Crippen molar-refractivity contribution in [2.75, 3.05) is 12.0 Å². The molecule has 1 aliphatic heterocycles. The summed E-state index contributed by atoms with van der Waals surface area (Å²) in [6.07, 6.45) is 2.42. The van der Waals surface area contributed by atoms with Crippen LogP contribution in [-0.4, -0.2) is 29.1 Å². The van der Waals surface area contributed by atoms with E-state index in [2.05, 4.69) is 20.4 Å². The third-order valence-electron chi connectivity index (χ3n) is 2.89. The van der Waals surface area contributed by atoms with Crippen LogP contribution in [0.2, 0.25) is 0 Å². The van der Waals surface area contributed by atoms with Gasteiger partial charge in [0.25, 0.3) is 11.8 Å². The third kappa shape index (κ3) is 3.07. The number of rotatable bonds is 4. The molecular formula is C13H9N5O3S2. The van der Waals surface area contributed by atoms with Gasteiger partial charge >= 0.3 is 0 Å². The van der Waals surface area contributed by atoms with Gasteiger partial charge in [0, 0.05) is 18.2 Å². The molecule has 1 N–H and O–H groups in total. The Balaban J connectivity index is 1.91. The highest BCUT2D eigenvalue weighted by atomic mass is 32.1. The average molecular weight is 347 g/mol. The van der Waals surface area contributed by atoms with Crippen LogP contribution in [0.4, 0.5) is 16.5 Å². The Kier molecular flexibility index (Phi) is 4.08. The normalized spacial score (nSPS) is 14.2. The summed E-state index contributed by atoms with van der Waals surface area (Å²) in [5.74, 6) is -0.501. The van der Waals surface area contributed by atoms with Gasteiger partial charge in [-0.3, -0.25) is 14.7 Å². The fraction of sp³-hybridized carbons (Fsp3) is 0.0769. The quantitative estimate of drug-likeness (QED) is 0.520. The summed E-state index contributed by atoms with van der Waals surface area (Å²) in [5.41, 5.74) is 0.834. The number of H-pyrrole nitrogens is 1. The first-order chi connectivity index (χ1) is 11.1. The van der Waals surface area contributed by atoms with Crippen LogP contribution in [-0.2, 0) is 9.59 Å². The molecule has 2 amide bonds. The zero-order valence-corrected chi connectivity index (χ0v) is 13.3. The molecule has 0 spiro atoms. The van der Waals surface area contributed by atoms with Gasteiger partial charge in [-0.2, -0.15) is 0 Å². The van der Waals surface area contributed by atoms with Crippen molar-refractivity contribution >= 4 is 51.9 Å². The molecule has 8 nitrogen and oxygen atoms in total. The summed E-state index contributed by atoms with van der Waals surface area (Å²) in [6.45, 7) is 0. The van der Waals surface area contributed by atoms with E-state index in [0.717, 1.165) is 4.90 Å². The minimum atomic E-state index is -0.418. The molecule has 0 saturated carbocycles. The second-order valence-electron chi connectivity index (χ2n) is 4.30. The van der Waals surface area contributed by atoms with E-state index >= 15 is 0 Å². The highest BCUT2D eigenvalue weighted by Gasteiger charge is 2.27. The smallest absolute Gasteiger partial charge is 0.258 e. The summed E-state index contributed by atoms with van der Waals surface area (Å²) in [5, 5.41) is 14.8. The van der Waals surface area contributed by atoms with E-state index in [0.29, 0.717) is 26.2 Å². The number of imide groups is 1. The van der Waals surface area contributed by atoms with Crippen molar-refractivity contribution in [1.82, 2.24) is 10.2 Å². The Labute approximate surface area is 139 Å². The highest BCUT2D eigenvalue weighted by molar-refractivity contribution is 7.73. The lowest BCUT2D eigenvalue weighted by Gasteiger charge is -2.17. The van der Waals surface area contributed by atoms with Gasteiger partial charge in [0.1, 0.15) is 5.75 Å². The molecule has 1 aromatic carbocycles. The largest absolute Gasteiger partial charge is 0.494 e. The fourth-order valence-corrected chi connectivity index (χ4v) is 2.62. The van der Waals surface area contributed by atoms with Crippen LogP contribution in [0.5, 0.6) is 5.75 Å². The molecule has 10 heteroatoms. The standard InChI is InChI=1S/C13H9N5O3S2/c1-21-9-6-7(14-15-12-16-17-13(22)23-12)2-3-8(9)18-10(19)4-5-11(18)20/h2-6H,1H3,(H,17,22). The molecule has 116 valence electrons. The van der Waals surface area contributed by atoms with E-state index in [1.807, 2.05) is 0 Å². The molecule has 23 heavy (non-hydrogen) atoms. The van der Waals surface area contributed by atoms with Crippen molar-refractivity contribution < 1.29 is 14.3 Å². The van der Waals surface area contributed by atoms with E-state index in [4.69, 9.17) is 17.0 Å². The number of benzene rings is 1. The lowest BCUT2D eigenvalue weighted by Crippen LogP contribution is -2.29. The van der Waals surface area contributed by atoms with Crippen molar-refractivity contribution in [2.24, 2.45) is 10.2 Å². The van der Waals surface area contributed by atoms with Crippen LogP contribution in [0.15, 0.2) is 40.6 Å². The van der Waals surface area contributed by atoms with Gasteiger partial charge in [0.2, 0.25) is 5.13 Å². The Morgan fingerprint density at radius 2 is 2.00 bits per heavy atom. The number of nitrogens with zero attached hydrogens (tertiary/aromatic N) is 4. The number of anilines is 1. The summed E-state index contributed by atoms with van der Waals surface area (Å²) < 4.78 is 5.74. The lowest BCUT2D eigenvalue weighted by molar-refractivity contribution is -0.120. The van der Waals surface area contributed by atoms with Crippen LogP contribution < -0.4 is 9.64 Å². The number of aromatic amines is 1. The van der Waals surface area contributed by atoms with Crippen LogP contribution in [0.25, 0.3) is 0 Å². The van der Waals surface area contributed by atoms with Crippen LogP contribution in [0.1, 0.15) is 0 Å². The molecule has 0 fully saturated rings. The Hall–Kier alpha value is -2.72. The number of azo groups is 1. The van der Waals surface area contributed by atoms with Gasteiger partial charge in [-0.05, 0) is 24.4 Å². The monoisotopic (exact) mass is 347 g/mol. The molecule has 0 radical (unpaired) electrons. The molecule has 0 unspecified atom stereocenters. The number of carbonyl (C=O) groups excluding carboxylic acids is 2. The van der Waals surface area contributed by atoms with Crippen molar-refractivity contribution in [3.05, 3.63) is 34.3 Å². The minimum absolute atomic E-state index is 0.335. The summed E-state index contributed by atoms with van der Waals surface area (Å²) in [7, 11) is 1.44. The number of ether oxygens (including phenoxy) is 1. The molecular weight excluding hydrogens is 338 g/mol. The molecule has 0 bridgehead atoms. The van der Waals surface area contributed by atoms with Crippen molar-refractivity contribution in [3.8, 4) is 5.75 Å². The first-order valence-electron chi connectivity index (χ1n) is 6.30. The van der Waals surface area contributed by atoms with Crippen molar-refractivity contribution in [2.45, 2.75) is 0 Å².